The van der Waals surface area contributed by atoms with E-state index in [9.17, 15) is 4.79 Å². The van der Waals surface area contributed by atoms with Gasteiger partial charge in [0.05, 0.1) is 18.0 Å². The van der Waals surface area contributed by atoms with Gasteiger partial charge in [-0.1, -0.05) is 24.6 Å². The third-order valence-corrected chi connectivity index (χ3v) is 5.53. The van der Waals surface area contributed by atoms with Gasteiger partial charge < -0.3 is 9.64 Å². The molecule has 1 amide bonds. The lowest BCUT2D eigenvalue weighted by molar-refractivity contribution is -0.113. The number of nitrogens with zero attached hydrogens (tertiary/aromatic N) is 2. The third kappa shape index (κ3) is 2.84. The number of ether oxygens (including phenoxy) is 1. The number of aryl methyl sites for hydroxylation is 1. The van der Waals surface area contributed by atoms with Gasteiger partial charge in [0, 0.05) is 11.1 Å². The second-order valence-electron chi connectivity index (χ2n) is 8.20. The summed E-state index contributed by atoms with van der Waals surface area (Å²) in [7, 11) is 0. The molecular formula is C23H26N2O2. The first-order valence-corrected chi connectivity index (χ1v) is 9.63. The van der Waals surface area contributed by atoms with Crippen LogP contribution in [-0.4, -0.2) is 23.8 Å². The van der Waals surface area contributed by atoms with Crippen molar-refractivity contribution in [2.75, 3.05) is 11.5 Å². The van der Waals surface area contributed by atoms with Crippen LogP contribution in [-0.2, 0) is 4.79 Å². The number of amides is 1. The maximum Gasteiger partial charge on any atom is 0.278 e. The van der Waals surface area contributed by atoms with Crippen molar-refractivity contribution in [2.24, 2.45) is 4.99 Å². The molecule has 27 heavy (non-hydrogen) atoms. The SMILES string of the molecule is CCOc1cc2c3c(c1)C(C)CC(C)(C)N3C(=O)C2=Nc1ccc(C)cc1. The fraction of sp³-hybridized carbons (Fsp3) is 0.391. The summed E-state index contributed by atoms with van der Waals surface area (Å²) in [5, 5.41) is 0. The fourth-order valence-electron chi connectivity index (χ4n) is 4.39. The Labute approximate surface area is 160 Å². The van der Waals surface area contributed by atoms with Gasteiger partial charge in [-0.2, -0.15) is 0 Å². The van der Waals surface area contributed by atoms with Crippen LogP contribution in [0, 0.1) is 6.92 Å². The van der Waals surface area contributed by atoms with Gasteiger partial charge in [-0.3, -0.25) is 4.79 Å². The van der Waals surface area contributed by atoms with E-state index in [-0.39, 0.29) is 11.4 Å². The lowest BCUT2D eigenvalue weighted by Gasteiger charge is -2.43. The summed E-state index contributed by atoms with van der Waals surface area (Å²) in [4.78, 5) is 20.1. The van der Waals surface area contributed by atoms with Gasteiger partial charge in [0.15, 0.2) is 0 Å². The summed E-state index contributed by atoms with van der Waals surface area (Å²) in [6, 6.07) is 12.0. The Kier molecular flexibility index (Phi) is 4.10. The molecule has 0 N–H and O–H groups in total. The second kappa shape index (κ2) is 6.22. The van der Waals surface area contributed by atoms with Crippen molar-refractivity contribution < 1.29 is 9.53 Å². The van der Waals surface area contributed by atoms with E-state index < -0.39 is 0 Å². The van der Waals surface area contributed by atoms with Crippen molar-refractivity contribution in [2.45, 2.75) is 52.5 Å². The van der Waals surface area contributed by atoms with E-state index in [0.717, 1.165) is 29.1 Å². The molecule has 0 radical (unpaired) electrons. The number of carbonyl (C=O) groups is 1. The zero-order chi connectivity index (χ0) is 19.3. The second-order valence-corrected chi connectivity index (χ2v) is 8.20. The van der Waals surface area contributed by atoms with E-state index in [4.69, 9.17) is 9.73 Å². The predicted molar refractivity (Wildman–Crippen MR) is 110 cm³/mol. The molecule has 1 unspecified atom stereocenters. The normalized spacial score (nSPS) is 21.5. The van der Waals surface area contributed by atoms with Crippen LogP contribution in [0.15, 0.2) is 41.4 Å². The van der Waals surface area contributed by atoms with Gasteiger partial charge in [-0.05, 0) is 69.9 Å². The van der Waals surface area contributed by atoms with Crippen molar-refractivity contribution in [1.82, 2.24) is 0 Å². The molecule has 2 aromatic rings. The van der Waals surface area contributed by atoms with Crippen LogP contribution < -0.4 is 9.64 Å². The van der Waals surface area contributed by atoms with Gasteiger partial charge in [0.2, 0.25) is 0 Å². The van der Waals surface area contributed by atoms with Crippen molar-refractivity contribution >= 4 is 23.0 Å². The number of benzene rings is 2. The van der Waals surface area contributed by atoms with E-state index in [0.29, 0.717) is 18.2 Å². The zero-order valence-corrected chi connectivity index (χ0v) is 16.7. The first kappa shape index (κ1) is 17.8. The van der Waals surface area contributed by atoms with Crippen molar-refractivity contribution in [3.8, 4) is 5.75 Å². The number of carbonyl (C=O) groups excluding carboxylic acids is 1. The molecule has 2 aromatic carbocycles. The molecule has 0 bridgehead atoms. The Morgan fingerprint density at radius 3 is 2.59 bits per heavy atom. The number of hydrogen-bond donors (Lipinski definition) is 0. The summed E-state index contributed by atoms with van der Waals surface area (Å²) < 4.78 is 5.80. The highest BCUT2D eigenvalue weighted by Crippen LogP contribution is 2.50. The summed E-state index contributed by atoms with van der Waals surface area (Å²) in [5.74, 6) is 1.15. The highest BCUT2D eigenvalue weighted by molar-refractivity contribution is 6.55. The number of hydrogen-bond acceptors (Lipinski definition) is 3. The Morgan fingerprint density at radius 2 is 1.93 bits per heavy atom. The van der Waals surface area contributed by atoms with Crippen LogP contribution >= 0.6 is 0 Å². The maximum atomic E-state index is 13.4. The molecule has 4 rings (SSSR count). The molecule has 0 saturated carbocycles. The molecule has 4 nitrogen and oxygen atoms in total. The van der Waals surface area contributed by atoms with Crippen molar-refractivity contribution in [3.05, 3.63) is 53.1 Å². The number of anilines is 1. The van der Waals surface area contributed by atoms with Gasteiger partial charge in [0.25, 0.3) is 5.91 Å². The quantitative estimate of drug-likeness (QED) is 0.758. The highest BCUT2D eigenvalue weighted by atomic mass is 16.5. The van der Waals surface area contributed by atoms with E-state index in [2.05, 4.69) is 26.8 Å². The molecule has 2 aliphatic rings. The summed E-state index contributed by atoms with van der Waals surface area (Å²) in [6.07, 6.45) is 0.915. The van der Waals surface area contributed by atoms with Crippen LogP contribution in [0.1, 0.15) is 56.7 Å². The first-order chi connectivity index (χ1) is 12.8. The number of aliphatic imine (C=N–C) groups is 1. The Hall–Kier alpha value is -2.62. The van der Waals surface area contributed by atoms with E-state index in [1.54, 1.807) is 0 Å². The minimum Gasteiger partial charge on any atom is -0.494 e. The van der Waals surface area contributed by atoms with Crippen molar-refractivity contribution in [3.63, 3.8) is 0 Å². The van der Waals surface area contributed by atoms with E-state index >= 15 is 0 Å². The van der Waals surface area contributed by atoms with E-state index in [1.807, 2.05) is 49.1 Å². The Bertz CT molecular complexity index is 942. The minimum absolute atomic E-state index is 0.0163. The molecule has 140 valence electrons. The third-order valence-electron chi connectivity index (χ3n) is 5.53. The summed E-state index contributed by atoms with van der Waals surface area (Å²) in [5.41, 5.74) is 5.32. The Morgan fingerprint density at radius 1 is 1.22 bits per heavy atom. The largest absolute Gasteiger partial charge is 0.494 e. The van der Waals surface area contributed by atoms with Crippen LogP contribution in [0.3, 0.4) is 0 Å². The average Bonchev–Trinajstić information content (AvgIpc) is 2.88. The molecule has 0 spiro atoms. The molecule has 4 heteroatoms. The van der Waals surface area contributed by atoms with Gasteiger partial charge in [-0.25, -0.2) is 4.99 Å². The number of rotatable bonds is 3. The van der Waals surface area contributed by atoms with Gasteiger partial charge in [0.1, 0.15) is 11.5 Å². The van der Waals surface area contributed by atoms with Crippen LogP contribution in [0.4, 0.5) is 11.4 Å². The van der Waals surface area contributed by atoms with Gasteiger partial charge in [-0.15, -0.1) is 0 Å². The Balaban J connectivity index is 1.94. The van der Waals surface area contributed by atoms with Crippen LogP contribution in [0.5, 0.6) is 5.75 Å². The molecule has 0 aromatic heterocycles. The molecule has 2 heterocycles. The minimum atomic E-state index is -0.240. The monoisotopic (exact) mass is 362 g/mol. The molecule has 2 aliphatic heterocycles. The zero-order valence-electron chi connectivity index (χ0n) is 16.7. The fourth-order valence-corrected chi connectivity index (χ4v) is 4.39. The maximum absolute atomic E-state index is 13.4. The average molecular weight is 362 g/mol. The van der Waals surface area contributed by atoms with Crippen molar-refractivity contribution in [1.29, 1.82) is 0 Å². The molecule has 0 aliphatic carbocycles. The summed E-state index contributed by atoms with van der Waals surface area (Å²) in [6.45, 7) is 11.1. The standard InChI is InChI=1S/C23H26N2O2/c1-6-27-17-11-18-15(3)13-23(4,5)25-21(18)19(12-17)20(22(25)26)24-16-9-7-14(2)8-10-16/h7-12,15H,6,13H2,1-5H3. The summed E-state index contributed by atoms with van der Waals surface area (Å²) >= 11 is 0. The van der Waals surface area contributed by atoms with Gasteiger partial charge >= 0.3 is 0 Å². The van der Waals surface area contributed by atoms with E-state index in [1.165, 1.54) is 11.1 Å². The highest BCUT2D eigenvalue weighted by Gasteiger charge is 2.48. The lowest BCUT2D eigenvalue weighted by Crippen LogP contribution is -2.50. The molecule has 1 atom stereocenters. The smallest absolute Gasteiger partial charge is 0.278 e. The predicted octanol–water partition coefficient (Wildman–Crippen LogP) is 5.15. The lowest BCUT2D eigenvalue weighted by atomic mass is 9.80. The molecular weight excluding hydrogens is 336 g/mol. The molecule has 0 fully saturated rings. The topological polar surface area (TPSA) is 41.9 Å². The first-order valence-electron chi connectivity index (χ1n) is 9.63. The molecule has 0 saturated heterocycles. The van der Waals surface area contributed by atoms with Crippen LogP contribution in [0.2, 0.25) is 0 Å². The van der Waals surface area contributed by atoms with Crippen LogP contribution in [0.25, 0.3) is 0 Å².